The highest BCUT2D eigenvalue weighted by molar-refractivity contribution is 9.09. The van der Waals surface area contributed by atoms with E-state index >= 15 is 0 Å². The zero-order valence-corrected chi connectivity index (χ0v) is 12.5. The summed E-state index contributed by atoms with van der Waals surface area (Å²) >= 11 is 3.69. The van der Waals surface area contributed by atoms with Crippen molar-refractivity contribution in [3.8, 4) is 0 Å². The standard InChI is InChI=1S/C14H29Br/c1-4-6-8-10-14(12-13(3)15)11-9-7-5-2/h13-14H,4-12H2,1-3H3. The van der Waals surface area contributed by atoms with Crippen LogP contribution in [-0.2, 0) is 0 Å². The van der Waals surface area contributed by atoms with Crippen molar-refractivity contribution in [1.29, 1.82) is 0 Å². The molecule has 1 atom stereocenters. The third-order valence-electron chi connectivity index (χ3n) is 3.09. The molecule has 0 aliphatic heterocycles. The maximum atomic E-state index is 3.69. The summed E-state index contributed by atoms with van der Waals surface area (Å²) in [4.78, 5) is 0.700. The van der Waals surface area contributed by atoms with Crippen LogP contribution in [0, 0.1) is 5.92 Å². The molecule has 0 aromatic heterocycles. The monoisotopic (exact) mass is 276 g/mol. The molecule has 15 heavy (non-hydrogen) atoms. The zero-order chi connectivity index (χ0) is 11.5. The van der Waals surface area contributed by atoms with Gasteiger partial charge >= 0.3 is 0 Å². The van der Waals surface area contributed by atoms with Crippen molar-refractivity contribution in [2.75, 3.05) is 0 Å². The van der Waals surface area contributed by atoms with E-state index in [1.54, 1.807) is 0 Å². The van der Waals surface area contributed by atoms with Crippen LogP contribution in [0.25, 0.3) is 0 Å². The minimum absolute atomic E-state index is 0.700. The largest absolute Gasteiger partial charge is 0.0894 e. The molecule has 0 aliphatic carbocycles. The van der Waals surface area contributed by atoms with E-state index in [9.17, 15) is 0 Å². The molecule has 0 bridgehead atoms. The molecule has 0 aromatic carbocycles. The molecule has 0 rings (SSSR count). The van der Waals surface area contributed by atoms with Gasteiger partial charge in [-0.1, -0.05) is 88.1 Å². The fourth-order valence-electron chi connectivity index (χ4n) is 2.21. The van der Waals surface area contributed by atoms with E-state index in [0.717, 1.165) is 5.92 Å². The second-order valence-electron chi connectivity index (χ2n) is 4.87. The van der Waals surface area contributed by atoms with Crippen molar-refractivity contribution in [3.05, 3.63) is 0 Å². The Labute approximate surface area is 105 Å². The lowest BCUT2D eigenvalue weighted by Crippen LogP contribution is -2.06. The molecule has 0 N–H and O–H groups in total. The summed E-state index contributed by atoms with van der Waals surface area (Å²) in [6, 6.07) is 0. The van der Waals surface area contributed by atoms with Crippen LogP contribution in [0.3, 0.4) is 0 Å². The van der Waals surface area contributed by atoms with E-state index in [2.05, 4.69) is 36.7 Å². The minimum Gasteiger partial charge on any atom is -0.0894 e. The highest BCUT2D eigenvalue weighted by Gasteiger charge is 2.10. The molecule has 0 spiro atoms. The number of unbranched alkanes of at least 4 members (excludes halogenated alkanes) is 4. The van der Waals surface area contributed by atoms with E-state index in [4.69, 9.17) is 0 Å². The third kappa shape index (κ3) is 10.8. The van der Waals surface area contributed by atoms with Crippen molar-refractivity contribution < 1.29 is 0 Å². The average molecular weight is 277 g/mol. The Hall–Kier alpha value is 0.480. The first-order valence-corrected chi connectivity index (χ1v) is 7.76. The highest BCUT2D eigenvalue weighted by atomic mass is 79.9. The van der Waals surface area contributed by atoms with Gasteiger partial charge in [0.25, 0.3) is 0 Å². The summed E-state index contributed by atoms with van der Waals surface area (Å²) in [5, 5.41) is 0. The molecule has 92 valence electrons. The maximum absolute atomic E-state index is 3.69. The van der Waals surface area contributed by atoms with Crippen molar-refractivity contribution in [2.45, 2.75) is 83.4 Å². The highest BCUT2D eigenvalue weighted by Crippen LogP contribution is 2.24. The van der Waals surface area contributed by atoms with Gasteiger partial charge in [-0.2, -0.15) is 0 Å². The van der Waals surface area contributed by atoms with E-state index < -0.39 is 0 Å². The summed E-state index contributed by atoms with van der Waals surface area (Å²) in [6.45, 7) is 6.87. The van der Waals surface area contributed by atoms with E-state index in [1.165, 1.54) is 57.8 Å². The van der Waals surface area contributed by atoms with Crippen LogP contribution >= 0.6 is 15.9 Å². The Morgan fingerprint density at radius 2 is 1.33 bits per heavy atom. The third-order valence-corrected chi connectivity index (χ3v) is 3.46. The predicted molar refractivity (Wildman–Crippen MR) is 74.8 cm³/mol. The van der Waals surface area contributed by atoms with Crippen LogP contribution in [0.1, 0.15) is 78.6 Å². The fourth-order valence-corrected chi connectivity index (χ4v) is 2.73. The van der Waals surface area contributed by atoms with Crippen LogP contribution in [0.2, 0.25) is 0 Å². The Bertz CT molecular complexity index is 111. The number of hydrogen-bond donors (Lipinski definition) is 0. The molecule has 0 saturated heterocycles. The summed E-state index contributed by atoms with van der Waals surface area (Å²) in [5.41, 5.74) is 0. The summed E-state index contributed by atoms with van der Waals surface area (Å²) in [6.07, 6.45) is 12.7. The molecule has 0 radical (unpaired) electrons. The molecule has 0 saturated carbocycles. The minimum atomic E-state index is 0.700. The van der Waals surface area contributed by atoms with Crippen LogP contribution in [-0.4, -0.2) is 4.83 Å². The molecule has 1 unspecified atom stereocenters. The average Bonchev–Trinajstić information content (AvgIpc) is 2.17. The van der Waals surface area contributed by atoms with Gasteiger partial charge in [0, 0.05) is 4.83 Å². The Kier molecular flexibility index (Phi) is 11.3. The van der Waals surface area contributed by atoms with E-state index in [0.29, 0.717) is 4.83 Å². The summed E-state index contributed by atoms with van der Waals surface area (Å²) in [5.74, 6) is 0.970. The Morgan fingerprint density at radius 1 is 0.867 bits per heavy atom. The summed E-state index contributed by atoms with van der Waals surface area (Å²) in [7, 11) is 0. The van der Waals surface area contributed by atoms with Gasteiger partial charge in [-0.25, -0.2) is 0 Å². The molecule has 0 fully saturated rings. The first-order valence-electron chi connectivity index (χ1n) is 6.84. The number of halogens is 1. The van der Waals surface area contributed by atoms with Gasteiger partial charge in [0.2, 0.25) is 0 Å². The van der Waals surface area contributed by atoms with Crippen molar-refractivity contribution in [1.82, 2.24) is 0 Å². The van der Waals surface area contributed by atoms with Gasteiger partial charge in [-0.05, 0) is 12.3 Å². The topological polar surface area (TPSA) is 0 Å². The smallest absolute Gasteiger partial charge is 0.0120 e. The predicted octanol–water partition coefficient (Wildman–Crippen LogP) is 5.94. The molecule has 0 aliphatic rings. The number of alkyl halides is 1. The van der Waals surface area contributed by atoms with Gasteiger partial charge in [0.1, 0.15) is 0 Å². The molecule has 0 aromatic rings. The van der Waals surface area contributed by atoms with Gasteiger partial charge in [-0.3, -0.25) is 0 Å². The first kappa shape index (κ1) is 15.5. The van der Waals surface area contributed by atoms with Crippen LogP contribution in [0.5, 0.6) is 0 Å². The van der Waals surface area contributed by atoms with Crippen LogP contribution in [0.15, 0.2) is 0 Å². The molecular formula is C14H29Br. The lowest BCUT2D eigenvalue weighted by atomic mass is 9.91. The first-order chi connectivity index (χ1) is 7.20. The van der Waals surface area contributed by atoms with Gasteiger partial charge in [-0.15, -0.1) is 0 Å². The Morgan fingerprint density at radius 3 is 1.67 bits per heavy atom. The lowest BCUT2D eigenvalue weighted by Gasteiger charge is -2.18. The SMILES string of the molecule is CCCCCC(CCCCC)CC(C)Br. The van der Waals surface area contributed by atoms with E-state index in [1.807, 2.05) is 0 Å². The normalized spacial score (nSPS) is 13.4. The van der Waals surface area contributed by atoms with Crippen molar-refractivity contribution >= 4 is 15.9 Å². The van der Waals surface area contributed by atoms with Crippen molar-refractivity contribution in [2.24, 2.45) is 5.92 Å². The molecule has 1 heteroatoms. The number of hydrogen-bond acceptors (Lipinski definition) is 0. The Balaban J connectivity index is 3.63. The number of rotatable bonds is 10. The van der Waals surface area contributed by atoms with Crippen molar-refractivity contribution in [3.63, 3.8) is 0 Å². The van der Waals surface area contributed by atoms with E-state index in [-0.39, 0.29) is 0 Å². The summed E-state index contributed by atoms with van der Waals surface area (Å²) < 4.78 is 0. The molecular weight excluding hydrogens is 248 g/mol. The molecule has 0 heterocycles. The fraction of sp³-hybridized carbons (Fsp3) is 1.00. The van der Waals surface area contributed by atoms with Gasteiger partial charge in [0.15, 0.2) is 0 Å². The zero-order valence-electron chi connectivity index (χ0n) is 10.9. The van der Waals surface area contributed by atoms with Crippen LogP contribution < -0.4 is 0 Å². The lowest BCUT2D eigenvalue weighted by molar-refractivity contribution is 0.388. The van der Waals surface area contributed by atoms with Gasteiger partial charge in [0.05, 0.1) is 0 Å². The second-order valence-corrected chi connectivity index (χ2v) is 6.44. The quantitative estimate of drug-likeness (QED) is 0.342. The van der Waals surface area contributed by atoms with Crippen LogP contribution in [0.4, 0.5) is 0 Å². The van der Waals surface area contributed by atoms with Gasteiger partial charge < -0.3 is 0 Å². The second kappa shape index (κ2) is 11.0. The molecule has 0 amide bonds. The molecule has 0 nitrogen and oxygen atoms in total. The maximum Gasteiger partial charge on any atom is 0.0120 e.